The third-order valence-corrected chi connectivity index (χ3v) is 3.56. The quantitative estimate of drug-likeness (QED) is 0.701. The van der Waals surface area contributed by atoms with E-state index in [-0.39, 0.29) is 31.0 Å². The summed E-state index contributed by atoms with van der Waals surface area (Å²) in [6.45, 7) is 4.57. The minimum Gasteiger partial charge on any atom is -0.494 e. The second-order valence-corrected chi connectivity index (χ2v) is 5.55. The van der Waals surface area contributed by atoms with Gasteiger partial charge in [0.1, 0.15) is 18.2 Å². The van der Waals surface area contributed by atoms with Gasteiger partial charge in [-0.15, -0.1) is 0 Å². The Labute approximate surface area is 151 Å². The molecule has 0 saturated heterocycles. The van der Waals surface area contributed by atoms with E-state index in [1.54, 1.807) is 0 Å². The molecule has 2 aromatic carbocycles. The van der Waals surface area contributed by atoms with Crippen molar-refractivity contribution in [3.8, 4) is 11.5 Å². The Bertz CT molecular complexity index is 740. The third kappa shape index (κ3) is 5.91. The van der Waals surface area contributed by atoms with Crippen LogP contribution in [0.3, 0.4) is 0 Å². The van der Waals surface area contributed by atoms with Gasteiger partial charge in [0.05, 0.1) is 19.2 Å². The van der Waals surface area contributed by atoms with E-state index >= 15 is 0 Å². The van der Waals surface area contributed by atoms with Crippen LogP contribution in [0.25, 0.3) is 0 Å². The zero-order chi connectivity index (χ0) is 18.9. The predicted molar refractivity (Wildman–Crippen MR) is 94.4 cm³/mol. The maximum atomic E-state index is 13.4. The van der Waals surface area contributed by atoms with Crippen molar-refractivity contribution in [1.29, 1.82) is 0 Å². The van der Waals surface area contributed by atoms with Crippen molar-refractivity contribution in [2.75, 3.05) is 19.8 Å². The van der Waals surface area contributed by atoms with Gasteiger partial charge in [0.2, 0.25) is 0 Å². The first-order chi connectivity index (χ1) is 12.5. The summed E-state index contributed by atoms with van der Waals surface area (Å²) < 4.78 is 36.8. The van der Waals surface area contributed by atoms with Crippen LogP contribution < -0.4 is 20.1 Å². The summed E-state index contributed by atoms with van der Waals surface area (Å²) in [5.74, 6) is -0.768. The molecule has 2 amide bonds. The molecule has 1 atom stereocenters. The van der Waals surface area contributed by atoms with E-state index in [9.17, 15) is 13.6 Å². The van der Waals surface area contributed by atoms with Crippen molar-refractivity contribution in [3.05, 3.63) is 59.7 Å². The minimum absolute atomic E-state index is 0.0597. The lowest BCUT2D eigenvalue weighted by molar-refractivity contribution is 0.233. The second kappa shape index (κ2) is 9.60. The summed E-state index contributed by atoms with van der Waals surface area (Å²) in [5.41, 5.74) is 0.913. The number of ether oxygens (including phenoxy) is 2. The highest BCUT2D eigenvalue weighted by Crippen LogP contribution is 2.19. The van der Waals surface area contributed by atoms with Crippen LogP contribution in [-0.4, -0.2) is 25.8 Å². The summed E-state index contributed by atoms with van der Waals surface area (Å²) in [4.78, 5) is 11.9. The molecule has 7 heteroatoms. The van der Waals surface area contributed by atoms with Crippen LogP contribution in [0, 0.1) is 11.6 Å². The molecule has 0 radical (unpaired) electrons. The van der Waals surface area contributed by atoms with Crippen molar-refractivity contribution < 1.29 is 23.0 Å². The van der Waals surface area contributed by atoms with Crippen LogP contribution in [0.15, 0.2) is 42.5 Å². The molecule has 2 aromatic rings. The topological polar surface area (TPSA) is 59.6 Å². The highest BCUT2D eigenvalue weighted by atomic mass is 19.1. The molecule has 0 heterocycles. The Kier molecular flexibility index (Phi) is 7.20. The van der Waals surface area contributed by atoms with E-state index in [0.29, 0.717) is 6.61 Å². The van der Waals surface area contributed by atoms with E-state index in [1.807, 2.05) is 38.1 Å². The summed E-state index contributed by atoms with van der Waals surface area (Å²) in [6, 6.07) is 9.95. The SMILES string of the molecule is CCOc1cccc(C(C)NC(=O)NCCOc2ccc(F)cc2F)c1. The van der Waals surface area contributed by atoms with Crippen molar-refractivity contribution in [2.45, 2.75) is 19.9 Å². The van der Waals surface area contributed by atoms with E-state index in [2.05, 4.69) is 10.6 Å². The largest absolute Gasteiger partial charge is 0.494 e. The number of hydrogen-bond donors (Lipinski definition) is 2. The molecule has 140 valence electrons. The van der Waals surface area contributed by atoms with Gasteiger partial charge >= 0.3 is 6.03 Å². The standard InChI is InChI=1S/C19H22F2N2O3/c1-3-25-16-6-4-5-14(11-16)13(2)23-19(24)22-9-10-26-18-8-7-15(20)12-17(18)21/h4-8,11-13H,3,9-10H2,1-2H3,(H2,22,23,24). The first-order valence-corrected chi connectivity index (χ1v) is 8.34. The van der Waals surface area contributed by atoms with E-state index in [1.165, 1.54) is 6.07 Å². The minimum atomic E-state index is -0.780. The van der Waals surface area contributed by atoms with Gasteiger partial charge in [0.25, 0.3) is 0 Å². The Morgan fingerprint density at radius 2 is 1.96 bits per heavy atom. The number of benzene rings is 2. The number of halogens is 2. The molecule has 0 saturated carbocycles. The Hall–Kier alpha value is -2.83. The van der Waals surface area contributed by atoms with E-state index in [0.717, 1.165) is 23.4 Å². The molecule has 0 aliphatic carbocycles. The van der Waals surface area contributed by atoms with Gasteiger partial charge in [-0.1, -0.05) is 12.1 Å². The highest BCUT2D eigenvalue weighted by molar-refractivity contribution is 5.74. The molecule has 0 spiro atoms. The van der Waals surface area contributed by atoms with E-state index < -0.39 is 11.6 Å². The van der Waals surface area contributed by atoms with Gasteiger partial charge < -0.3 is 20.1 Å². The molecule has 1 unspecified atom stereocenters. The van der Waals surface area contributed by atoms with Crippen LogP contribution in [0.2, 0.25) is 0 Å². The lowest BCUT2D eigenvalue weighted by atomic mass is 10.1. The first-order valence-electron chi connectivity index (χ1n) is 8.34. The van der Waals surface area contributed by atoms with Crippen LogP contribution >= 0.6 is 0 Å². The molecule has 0 bridgehead atoms. The number of carbonyl (C=O) groups excluding carboxylic acids is 1. The number of rotatable bonds is 8. The zero-order valence-corrected chi connectivity index (χ0v) is 14.7. The molecular weight excluding hydrogens is 342 g/mol. The van der Waals surface area contributed by atoms with E-state index in [4.69, 9.17) is 9.47 Å². The lowest BCUT2D eigenvalue weighted by Gasteiger charge is -2.16. The summed E-state index contributed by atoms with van der Waals surface area (Å²) in [7, 11) is 0. The second-order valence-electron chi connectivity index (χ2n) is 5.55. The van der Waals surface area contributed by atoms with Gasteiger partial charge in [-0.2, -0.15) is 0 Å². The number of nitrogens with one attached hydrogen (secondary N) is 2. The van der Waals surface area contributed by atoms with Crippen molar-refractivity contribution >= 4 is 6.03 Å². The summed E-state index contributed by atoms with van der Waals surface area (Å²) >= 11 is 0. The smallest absolute Gasteiger partial charge is 0.315 e. The maximum absolute atomic E-state index is 13.4. The Morgan fingerprint density at radius 3 is 2.69 bits per heavy atom. The van der Waals surface area contributed by atoms with Crippen molar-refractivity contribution in [2.24, 2.45) is 0 Å². The fourth-order valence-corrected chi connectivity index (χ4v) is 2.29. The van der Waals surface area contributed by atoms with Crippen LogP contribution in [-0.2, 0) is 0 Å². The van der Waals surface area contributed by atoms with Crippen LogP contribution in [0.1, 0.15) is 25.5 Å². The molecule has 0 aliphatic heterocycles. The molecule has 0 fully saturated rings. The maximum Gasteiger partial charge on any atom is 0.315 e. The van der Waals surface area contributed by atoms with Gasteiger partial charge in [-0.05, 0) is 43.7 Å². The van der Waals surface area contributed by atoms with Crippen LogP contribution in [0.4, 0.5) is 13.6 Å². The molecular formula is C19H22F2N2O3. The third-order valence-electron chi connectivity index (χ3n) is 3.56. The molecule has 2 N–H and O–H groups in total. The monoisotopic (exact) mass is 364 g/mol. The zero-order valence-electron chi connectivity index (χ0n) is 14.7. The van der Waals surface area contributed by atoms with Gasteiger partial charge in [-0.25, -0.2) is 13.6 Å². The van der Waals surface area contributed by atoms with Crippen molar-refractivity contribution in [1.82, 2.24) is 10.6 Å². The molecule has 2 rings (SSSR count). The van der Waals surface area contributed by atoms with Gasteiger partial charge in [0.15, 0.2) is 11.6 Å². The Balaban J connectivity index is 1.75. The number of carbonyl (C=O) groups is 1. The fraction of sp³-hybridized carbons (Fsp3) is 0.316. The number of amides is 2. The summed E-state index contributed by atoms with van der Waals surface area (Å²) in [5, 5.41) is 5.42. The Morgan fingerprint density at radius 1 is 1.15 bits per heavy atom. The normalized spacial score (nSPS) is 11.5. The summed E-state index contributed by atoms with van der Waals surface area (Å²) in [6.07, 6.45) is 0. The molecule has 5 nitrogen and oxygen atoms in total. The first kappa shape index (κ1) is 19.5. The molecule has 0 aromatic heterocycles. The number of hydrogen-bond acceptors (Lipinski definition) is 3. The average Bonchev–Trinajstić information content (AvgIpc) is 2.60. The highest BCUT2D eigenvalue weighted by Gasteiger charge is 2.10. The number of urea groups is 1. The van der Waals surface area contributed by atoms with Gasteiger partial charge in [0, 0.05) is 6.07 Å². The fourth-order valence-electron chi connectivity index (χ4n) is 2.29. The van der Waals surface area contributed by atoms with Crippen LogP contribution in [0.5, 0.6) is 11.5 Å². The van der Waals surface area contributed by atoms with Gasteiger partial charge in [-0.3, -0.25) is 0 Å². The average molecular weight is 364 g/mol. The molecule has 26 heavy (non-hydrogen) atoms. The molecule has 0 aliphatic rings. The van der Waals surface area contributed by atoms with Crippen molar-refractivity contribution in [3.63, 3.8) is 0 Å². The lowest BCUT2D eigenvalue weighted by Crippen LogP contribution is -2.39. The predicted octanol–water partition coefficient (Wildman–Crippen LogP) is 3.80.